The first-order chi connectivity index (χ1) is 10.8. The lowest BCUT2D eigenvalue weighted by molar-refractivity contribution is 0.246. The van der Waals surface area contributed by atoms with Crippen LogP contribution in [0.1, 0.15) is 11.4 Å². The zero-order valence-electron chi connectivity index (χ0n) is 12.6. The summed E-state index contributed by atoms with van der Waals surface area (Å²) in [5, 5.41) is 1.28. The molecule has 6 heteroatoms. The molecule has 0 saturated carbocycles. The monoisotopic (exact) mass is 313 g/mol. The summed E-state index contributed by atoms with van der Waals surface area (Å²) < 4.78 is 5.94. The van der Waals surface area contributed by atoms with Crippen molar-refractivity contribution in [1.82, 2.24) is 19.2 Å². The summed E-state index contributed by atoms with van der Waals surface area (Å²) >= 11 is 1.59. The van der Waals surface area contributed by atoms with Gasteiger partial charge in [-0.2, -0.15) is 4.37 Å². The van der Waals surface area contributed by atoms with Gasteiger partial charge in [0.25, 0.3) is 0 Å². The SMILES string of the molecule is Cc1[nH]cnc1CN1CCN(c2nsc3ccccc23)CC1. The van der Waals surface area contributed by atoms with Crippen LogP contribution in [0.4, 0.5) is 5.82 Å². The first-order valence-corrected chi connectivity index (χ1v) is 8.39. The van der Waals surface area contributed by atoms with E-state index in [9.17, 15) is 0 Å². The maximum Gasteiger partial charge on any atom is 0.150 e. The number of H-pyrrole nitrogens is 1. The molecule has 1 fully saturated rings. The van der Waals surface area contributed by atoms with Gasteiger partial charge in [0.2, 0.25) is 0 Å². The minimum atomic E-state index is 0.932. The number of benzene rings is 1. The molecule has 0 spiro atoms. The van der Waals surface area contributed by atoms with E-state index in [1.165, 1.54) is 15.8 Å². The van der Waals surface area contributed by atoms with Crippen molar-refractivity contribution in [2.45, 2.75) is 13.5 Å². The second kappa shape index (κ2) is 5.70. The molecule has 114 valence electrons. The van der Waals surface area contributed by atoms with Crippen molar-refractivity contribution in [2.24, 2.45) is 0 Å². The van der Waals surface area contributed by atoms with Crippen LogP contribution >= 0.6 is 11.5 Å². The van der Waals surface area contributed by atoms with E-state index >= 15 is 0 Å². The lowest BCUT2D eigenvalue weighted by atomic mass is 10.2. The Morgan fingerprint density at radius 2 is 2.00 bits per heavy atom. The predicted molar refractivity (Wildman–Crippen MR) is 90.4 cm³/mol. The summed E-state index contributed by atoms with van der Waals surface area (Å²) in [7, 11) is 0. The third-order valence-electron chi connectivity index (χ3n) is 4.34. The molecule has 3 aromatic rings. The Labute approximate surface area is 133 Å². The maximum absolute atomic E-state index is 4.67. The Morgan fingerprint density at radius 1 is 1.18 bits per heavy atom. The highest BCUT2D eigenvalue weighted by Gasteiger charge is 2.21. The number of nitrogens with zero attached hydrogens (tertiary/aromatic N) is 4. The molecule has 1 aliphatic heterocycles. The van der Waals surface area contributed by atoms with Gasteiger partial charge in [0.15, 0.2) is 0 Å². The van der Waals surface area contributed by atoms with Crippen molar-refractivity contribution in [3.05, 3.63) is 42.0 Å². The summed E-state index contributed by atoms with van der Waals surface area (Å²) in [6, 6.07) is 8.49. The van der Waals surface area contributed by atoms with Crippen LogP contribution in [-0.4, -0.2) is 45.4 Å². The van der Waals surface area contributed by atoms with E-state index in [0.717, 1.165) is 44.2 Å². The number of rotatable bonds is 3. The lowest BCUT2D eigenvalue weighted by Crippen LogP contribution is -2.46. The fraction of sp³-hybridized carbons (Fsp3) is 0.375. The van der Waals surface area contributed by atoms with Gasteiger partial charge in [0, 0.05) is 43.8 Å². The van der Waals surface area contributed by atoms with Gasteiger partial charge in [-0.25, -0.2) is 4.98 Å². The van der Waals surface area contributed by atoms with Gasteiger partial charge in [0.1, 0.15) is 5.82 Å². The number of nitrogens with one attached hydrogen (secondary N) is 1. The topological polar surface area (TPSA) is 48.1 Å². The van der Waals surface area contributed by atoms with Gasteiger partial charge >= 0.3 is 0 Å². The molecule has 22 heavy (non-hydrogen) atoms. The average Bonchev–Trinajstić information content (AvgIpc) is 3.15. The van der Waals surface area contributed by atoms with E-state index in [4.69, 9.17) is 0 Å². The van der Waals surface area contributed by atoms with Gasteiger partial charge < -0.3 is 9.88 Å². The predicted octanol–water partition coefficient (Wildman–Crippen LogP) is 2.65. The standard InChI is InChI=1S/C16H19N5S/c1-12-14(18-11-17-12)10-20-6-8-21(9-7-20)16-13-4-2-3-5-15(13)22-19-16/h2-5,11H,6-10H2,1H3,(H,17,18). The highest BCUT2D eigenvalue weighted by Crippen LogP contribution is 2.29. The number of piperazine rings is 1. The van der Waals surface area contributed by atoms with E-state index in [0.29, 0.717) is 0 Å². The zero-order chi connectivity index (χ0) is 14.9. The highest BCUT2D eigenvalue weighted by atomic mass is 32.1. The van der Waals surface area contributed by atoms with E-state index in [1.807, 2.05) is 0 Å². The molecule has 5 nitrogen and oxygen atoms in total. The number of anilines is 1. The van der Waals surface area contributed by atoms with E-state index in [2.05, 4.69) is 55.3 Å². The molecule has 0 radical (unpaired) electrons. The van der Waals surface area contributed by atoms with Crippen LogP contribution in [0.5, 0.6) is 0 Å². The fourth-order valence-corrected chi connectivity index (χ4v) is 3.77. The normalized spacial score (nSPS) is 16.5. The van der Waals surface area contributed by atoms with Crippen molar-refractivity contribution >= 4 is 27.4 Å². The minimum Gasteiger partial charge on any atom is -0.353 e. The third kappa shape index (κ3) is 2.48. The van der Waals surface area contributed by atoms with Gasteiger partial charge in [-0.05, 0) is 30.6 Å². The summed E-state index contributed by atoms with van der Waals surface area (Å²) in [5.41, 5.74) is 2.33. The average molecular weight is 313 g/mol. The van der Waals surface area contributed by atoms with Crippen molar-refractivity contribution in [2.75, 3.05) is 31.1 Å². The van der Waals surface area contributed by atoms with Gasteiger partial charge in [-0.15, -0.1) is 0 Å². The molecule has 0 aliphatic carbocycles. The highest BCUT2D eigenvalue weighted by molar-refractivity contribution is 7.13. The van der Waals surface area contributed by atoms with Crippen LogP contribution in [-0.2, 0) is 6.54 Å². The van der Waals surface area contributed by atoms with Crippen molar-refractivity contribution < 1.29 is 0 Å². The first-order valence-electron chi connectivity index (χ1n) is 7.62. The number of fused-ring (bicyclic) bond motifs is 1. The summed E-state index contributed by atoms with van der Waals surface area (Å²) in [4.78, 5) is 12.4. The maximum atomic E-state index is 4.67. The Kier molecular flexibility index (Phi) is 3.56. The lowest BCUT2D eigenvalue weighted by Gasteiger charge is -2.34. The van der Waals surface area contributed by atoms with Crippen molar-refractivity contribution in [1.29, 1.82) is 0 Å². The number of aromatic amines is 1. The van der Waals surface area contributed by atoms with Crippen LogP contribution in [0.15, 0.2) is 30.6 Å². The molecule has 1 aliphatic rings. The molecule has 2 aromatic heterocycles. The Bertz CT molecular complexity index is 770. The third-order valence-corrected chi connectivity index (χ3v) is 5.15. The Hall–Kier alpha value is -1.92. The second-order valence-corrected chi connectivity index (χ2v) is 6.54. The number of hydrogen-bond donors (Lipinski definition) is 1. The van der Waals surface area contributed by atoms with Crippen LogP contribution < -0.4 is 4.90 Å². The Balaban J connectivity index is 1.44. The summed E-state index contributed by atoms with van der Waals surface area (Å²) in [5.74, 6) is 1.15. The molecular weight excluding hydrogens is 294 g/mol. The number of aryl methyl sites for hydroxylation is 1. The molecule has 1 aromatic carbocycles. The van der Waals surface area contributed by atoms with E-state index in [-0.39, 0.29) is 0 Å². The Morgan fingerprint density at radius 3 is 2.77 bits per heavy atom. The minimum absolute atomic E-state index is 0.932. The number of hydrogen-bond acceptors (Lipinski definition) is 5. The molecule has 1 N–H and O–H groups in total. The smallest absolute Gasteiger partial charge is 0.150 e. The van der Waals surface area contributed by atoms with Crippen LogP contribution in [0.2, 0.25) is 0 Å². The molecule has 0 amide bonds. The van der Waals surface area contributed by atoms with Gasteiger partial charge in [0.05, 0.1) is 16.7 Å². The first kappa shape index (κ1) is 13.7. The molecule has 0 atom stereocenters. The summed E-state index contributed by atoms with van der Waals surface area (Å²) in [6.07, 6.45) is 1.78. The van der Waals surface area contributed by atoms with Crippen molar-refractivity contribution in [3.8, 4) is 0 Å². The van der Waals surface area contributed by atoms with E-state index < -0.39 is 0 Å². The molecule has 4 rings (SSSR count). The zero-order valence-corrected chi connectivity index (χ0v) is 13.4. The number of imidazole rings is 1. The molecular formula is C16H19N5S. The fourth-order valence-electron chi connectivity index (χ4n) is 2.98. The molecule has 0 unspecified atom stereocenters. The van der Waals surface area contributed by atoms with Crippen molar-refractivity contribution in [3.63, 3.8) is 0 Å². The van der Waals surface area contributed by atoms with Crippen LogP contribution in [0.25, 0.3) is 10.1 Å². The molecule has 3 heterocycles. The van der Waals surface area contributed by atoms with Gasteiger partial charge in [-0.1, -0.05) is 12.1 Å². The number of aromatic nitrogens is 3. The molecule has 0 bridgehead atoms. The molecule has 1 saturated heterocycles. The second-order valence-electron chi connectivity index (χ2n) is 5.74. The largest absolute Gasteiger partial charge is 0.353 e. The quantitative estimate of drug-likeness (QED) is 0.807. The van der Waals surface area contributed by atoms with E-state index in [1.54, 1.807) is 17.9 Å². The summed E-state index contributed by atoms with van der Waals surface area (Å²) in [6.45, 7) is 7.17. The van der Waals surface area contributed by atoms with Crippen LogP contribution in [0.3, 0.4) is 0 Å². The van der Waals surface area contributed by atoms with Gasteiger partial charge in [-0.3, -0.25) is 4.90 Å². The van der Waals surface area contributed by atoms with Crippen LogP contribution in [0, 0.1) is 6.92 Å².